The van der Waals surface area contributed by atoms with Crippen LogP contribution < -0.4 is 16.0 Å². The van der Waals surface area contributed by atoms with Gasteiger partial charge in [0, 0.05) is 12.2 Å². The van der Waals surface area contributed by atoms with E-state index < -0.39 is 23.7 Å². The average molecular weight is 323 g/mol. The molecule has 0 unspecified atom stereocenters. The smallest absolute Gasteiger partial charge is 0.407 e. The van der Waals surface area contributed by atoms with Gasteiger partial charge in [-0.3, -0.25) is 4.79 Å². The Labute approximate surface area is 134 Å². The summed E-state index contributed by atoms with van der Waals surface area (Å²) in [6.07, 6.45) is -1.77. The number of hydrogen-bond acceptors (Lipinski definition) is 4. The number of nitrogens with one attached hydrogen (secondary N) is 3. The molecule has 126 valence electrons. The van der Waals surface area contributed by atoms with Crippen molar-refractivity contribution in [2.24, 2.45) is 0 Å². The molecule has 0 atom stereocenters. The highest BCUT2D eigenvalue weighted by atomic mass is 16.6. The lowest BCUT2D eigenvalue weighted by molar-refractivity contribution is -0.115. The maximum absolute atomic E-state index is 11.5. The second-order valence-corrected chi connectivity index (χ2v) is 5.76. The molecule has 3 amide bonds. The number of hydrogen-bond donors (Lipinski definition) is 4. The summed E-state index contributed by atoms with van der Waals surface area (Å²) in [5.74, 6) is -0.466. The Hall–Kier alpha value is -2.77. The molecule has 1 aromatic rings. The van der Waals surface area contributed by atoms with E-state index in [1.807, 2.05) is 5.32 Å². The van der Waals surface area contributed by atoms with Gasteiger partial charge in [0.2, 0.25) is 5.91 Å². The van der Waals surface area contributed by atoms with Crippen molar-refractivity contribution in [1.29, 1.82) is 0 Å². The second-order valence-electron chi connectivity index (χ2n) is 5.76. The zero-order chi connectivity index (χ0) is 17.5. The lowest BCUT2D eigenvalue weighted by Crippen LogP contribution is -2.32. The van der Waals surface area contributed by atoms with Gasteiger partial charge in [0.15, 0.2) is 0 Å². The molecule has 0 aliphatic rings. The molecule has 0 heterocycles. The highest BCUT2D eigenvalue weighted by Crippen LogP contribution is 2.10. The van der Waals surface area contributed by atoms with Crippen LogP contribution in [0.25, 0.3) is 0 Å². The van der Waals surface area contributed by atoms with Crippen LogP contribution in [-0.4, -0.2) is 35.3 Å². The fraction of sp³-hybridized carbons (Fsp3) is 0.400. The topological polar surface area (TPSA) is 117 Å². The minimum Gasteiger partial charge on any atom is -0.465 e. The Balaban J connectivity index is 2.43. The first kappa shape index (κ1) is 18.3. The lowest BCUT2D eigenvalue weighted by Gasteiger charge is -2.19. The number of carboxylic acid groups (broad SMARTS) is 1. The van der Waals surface area contributed by atoms with E-state index in [-0.39, 0.29) is 6.54 Å². The Kier molecular flexibility index (Phi) is 6.37. The Bertz CT molecular complexity index is 563. The molecule has 0 radical (unpaired) electrons. The van der Waals surface area contributed by atoms with E-state index in [9.17, 15) is 14.4 Å². The zero-order valence-corrected chi connectivity index (χ0v) is 13.3. The summed E-state index contributed by atoms with van der Waals surface area (Å²) >= 11 is 0. The summed E-state index contributed by atoms with van der Waals surface area (Å²) in [5, 5.41) is 15.5. The normalized spacial score (nSPS) is 10.6. The molecule has 23 heavy (non-hydrogen) atoms. The van der Waals surface area contributed by atoms with Crippen molar-refractivity contribution in [1.82, 2.24) is 10.6 Å². The summed E-state index contributed by atoms with van der Waals surface area (Å²) in [7, 11) is 0. The monoisotopic (exact) mass is 323 g/mol. The standard InChI is InChI=1S/C15H21N3O5/c1-15(2,3)23-14(22)17-8-10-4-6-11(7-5-10)18-12(19)9-16-13(20)21/h4-7,16H,8-9H2,1-3H3,(H,17,22)(H,18,19)(H,20,21). The van der Waals surface area contributed by atoms with E-state index >= 15 is 0 Å². The number of amides is 3. The first-order valence-electron chi connectivity index (χ1n) is 6.98. The summed E-state index contributed by atoms with van der Waals surface area (Å²) < 4.78 is 5.12. The van der Waals surface area contributed by atoms with Gasteiger partial charge >= 0.3 is 12.2 Å². The Morgan fingerprint density at radius 2 is 1.70 bits per heavy atom. The predicted molar refractivity (Wildman–Crippen MR) is 84.2 cm³/mol. The van der Waals surface area contributed by atoms with Crippen molar-refractivity contribution in [2.45, 2.75) is 32.9 Å². The molecule has 4 N–H and O–H groups in total. The third-order valence-electron chi connectivity index (χ3n) is 2.47. The van der Waals surface area contributed by atoms with Crippen LogP contribution in [0.4, 0.5) is 15.3 Å². The number of rotatable bonds is 5. The quantitative estimate of drug-likeness (QED) is 0.660. The molecule has 0 saturated heterocycles. The van der Waals surface area contributed by atoms with Crippen molar-refractivity contribution in [3.63, 3.8) is 0 Å². The van der Waals surface area contributed by atoms with E-state index in [2.05, 4.69) is 10.6 Å². The van der Waals surface area contributed by atoms with Gasteiger partial charge in [-0.05, 0) is 38.5 Å². The van der Waals surface area contributed by atoms with E-state index in [1.165, 1.54) is 0 Å². The fourth-order valence-corrected chi connectivity index (χ4v) is 1.56. The van der Waals surface area contributed by atoms with Crippen molar-refractivity contribution in [3.8, 4) is 0 Å². The fourth-order valence-electron chi connectivity index (χ4n) is 1.56. The Morgan fingerprint density at radius 3 is 2.22 bits per heavy atom. The first-order chi connectivity index (χ1) is 10.7. The molecular weight excluding hydrogens is 302 g/mol. The van der Waals surface area contributed by atoms with Crippen LogP contribution in [-0.2, 0) is 16.1 Å². The molecule has 0 aromatic heterocycles. The molecule has 0 aliphatic carbocycles. The maximum atomic E-state index is 11.5. The molecule has 0 bridgehead atoms. The third kappa shape index (κ3) is 8.30. The second kappa shape index (κ2) is 8.02. The summed E-state index contributed by atoms with van der Waals surface area (Å²) in [4.78, 5) is 33.2. The van der Waals surface area contributed by atoms with E-state index in [4.69, 9.17) is 9.84 Å². The summed E-state index contributed by atoms with van der Waals surface area (Å²) in [6, 6.07) is 6.78. The van der Waals surface area contributed by atoms with Crippen LogP contribution in [0.5, 0.6) is 0 Å². The van der Waals surface area contributed by atoms with Crippen molar-refractivity contribution < 1.29 is 24.2 Å². The molecule has 0 aliphatic heterocycles. The number of benzene rings is 1. The molecule has 0 fully saturated rings. The van der Waals surface area contributed by atoms with Gasteiger partial charge in [0.1, 0.15) is 12.1 Å². The van der Waals surface area contributed by atoms with Crippen molar-refractivity contribution >= 4 is 23.8 Å². The lowest BCUT2D eigenvalue weighted by atomic mass is 10.2. The molecule has 8 nitrogen and oxygen atoms in total. The molecule has 1 aromatic carbocycles. The molecule has 8 heteroatoms. The summed E-state index contributed by atoms with van der Waals surface area (Å²) in [5.41, 5.74) is 0.808. The van der Waals surface area contributed by atoms with E-state index in [0.717, 1.165) is 5.56 Å². The molecule has 0 spiro atoms. The average Bonchev–Trinajstić information content (AvgIpc) is 2.42. The van der Waals surface area contributed by atoms with Crippen molar-refractivity contribution in [2.75, 3.05) is 11.9 Å². The van der Waals surface area contributed by atoms with E-state index in [0.29, 0.717) is 12.2 Å². The van der Waals surface area contributed by atoms with Crippen LogP contribution in [0.2, 0.25) is 0 Å². The van der Waals surface area contributed by atoms with Crippen LogP contribution in [0.1, 0.15) is 26.3 Å². The van der Waals surface area contributed by atoms with Crippen molar-refractivity contribution in [3.05, 3.63) is 29.8 Å². The van der Waals surface area contributed by atoms with Gasteiger partial charge in [-0.15, -0.1) is 0 Å². The van der Waals surface area contributed by atoms with E-state index in [1.54, 1.807) is 45.0 Å². The molecular formula is C15H21N3O5. The summed E-state index contributed by atoms with van der Waals surface area (Å²) in [6.45, 7) is 5.32. The van der Waals surface area contributed by atoms with Crippen LogP contribution in [0, 0.1) is 0 Å². The van der Waals surface area contributed by atoms with Crippen LogP contribution in [0.15, 0.2) is 24.3 Å². The first-order valence-corrected chi connectivity index (χ1v) is 6.98. The van der Waals surface area contributed by atoms with Gasteiger partial charge in [0.25, 0.3) is 0 Å². The third-order valence-corrected chi connectivity index (χ3v) is 2.47. The van der Waals surface area contributed by atoms with Gasteiger partial charge < -0.3 is 25.8 Å². The highest BCUT2D eigenvalue weighted by molar-refractivity contribution is 5.93. The number of ether oxygens (including phenoxy) is 1. The number of anilines is 1. The van der Waals surface area contributed by atoms with Gasteiger partial charge in [-0.25, -0.2) is 9.59 Å². The predicted octanol–water partition coefficient (Wildman–Crippen LogP) is 1.92. The number of carbonyl (C=O) groups excluding carboxylic acids is 2. The van der Waals surface area contributed by atoms with Crippen LogP contribution in [0.3, 0.4) is 0 Å². The number of carbonyl (C=O) groups is 3. The minimum absolute atomic E-state index is 0.295. The maximum Gasteiger partial charge on any atom is 0.407 e. The van der Waals surface area contributed by atoms with Gasteiger partial charge in [0.05, 0.1) is 0 Å². The van der Waals surface area contributed by atoms with Crippen LogP contribution >= 0.6 is 0 Å². The SMILES string of the molecule is CC(C)(C)OC(=O)NCc1ccc(NC(=O)CNC(=O)O)cc1. The Morgan fingerprint density at radius 1 is 1.09 bits per heavy atom. The number of alkyl carbamates (subject to hydrolysis) is 1. The molecule has 1 rings (SSSR count). The highest BCUT2D eigenvalue weighted by Gasteiger charge is 2.15. The minimum atomic E-state index is -1.26. The largest absolute Gasteiger partial charge is 0.465 e. The van der Waals surface area contributed by atoms with Gasteiger partial charge in [-0.1, -0.05) is 12.1 Å². The zero-order valence-electron chi connectivity index (χ0n) is 13.3. The molecule has 0 saturated carbocycles. The van der Waals surface area contributed by atoms with Gasteiger partial charge in [-0.2, -0.15) is 0 Å².